The Hall–Kier alpha value is -1.46. The first-order chi connectivity index (χ1) is 9.59. The number of hydrogen-bond acceptors (Lipinski definition) is 2. The van der Waals surface area contributed by atoms with Gasteiger partial charge in [-0.25, -0.2) is 4.79 Å². The van der Waals surface area contributed by atoms with E-state index in [1.807, 2.05) is 20.8 Å². The van der Waals surface area contributed by atoms with Gasteiger partial charge in [0.2, 0.25) is 0 Å². The number of halogens is 2. The molecule has 0 radical (unpaired) electrons. The van der Waals surface area contributed by atoms with Crippen molar-refractivity contribution in [2.24, 2.45) is 5.41 Å². The predicted molar refractivity (Wildman–Crippen MR) is 84.1 cm³/mol. The fourth-order valence-electron chi connectivity index (χ4n) is 1.66. The average Bonchev–Trinajstić information content (AvgIpc) is 2.31. The largest absolute Gasteiger partial charge is 0.481 e. The van der Waals surface area contributed by atoms with E-state index < -0.39 is 23.5 Å². The summed E-state index contributed by atoms with van der Waals surface area (Å²) in [5, 5.41) is 14.9. The summed E-state index contributed by atoms with van der Waals surface area (Å²) in [6.45, 7) is 5.56. The lowest BCUT2D eigenvalue weighted by Gasteiger charge is -2.30. The molecule has 0 aliphatic carbocycles. The van der Waals surface area contributed by atoms with Crippen molar-refractivity contribution in [3.05, 3.63) is 28.2 Å². The first-order valence-electron chi connectivity index (χ1n) is 6.34. The second-order valence-electron chi connectivity index (χ2n) is 5.74. The molecule has 0 bridgehead atoms. The molecule has 1 atom stereocenters. The van der Waals surface area contributed by atoms with Crippen molar-refractivity contribution in [2.75, 3.05) is 5.32 Å². The van der Waals surface area contributed by atoms with Gasteiger partial charge in [0.25, 0.3) is 0 Å². The molecule has 3 N–H and O–H groups in total. The van der Waals surface area contributed by atoms with Crippen LogP contribution in [0.1, 0.15) is 27.2 Å². The number of carboxylic acids is 1. The molecule has 1 rings (SSSR count). The Kier molecular flexibility index (Phi) is 5.87. The quantitative estimate of drug-likeness (QED) is 0.779. The van der Waals surface area contributed by atoms with Gasteiger partial charge < -0.3 is 15.7 Å². The number of nitrogens with one attached hydrogen (secondary N) is 2. The van der Waals surface area contributed by atoms with Crippen LogP contribution in [0.2, 0.25) is 10.0 Å². The smallest absolute Gasteiger partial charge is 0.319 e. The monoisotopic (exact) mass is 332 g/mol. The lowest BCUT2D eigenvalue weighted by Crippen LogP contribution is -2.46. The summed E-state index contributed by atoms with van der Waals surface area (Å²) in [7, 11) is 0. The molecule has 0 fully saturated rings. The molecule has 0 aromatic heterocycles. The topological polar surface area (TPSA) is 78.4 Å². The fourth-order valence-corrected chi connectivity index (χ4v) is 2.00. The van der Waals surface area contributed by atoms with E-state index >= 15 is 0 Å². The summed E-state index contributed by atoms with van der Waals surface area (Å²) in [6.07, 6.45) is -0.166. The molecule has 116 valence electrons. The highest BCUT2D eigenvalue weighted by Crippen LogP contribution is 2.26. The summed E-state index contributed by atoms with van der Waals surface area (Å²) in [6, 6.07) is 3.65. The number of carbonyl (C=O) groups is 2. The summed E-state index contributed by atoms with van der Waals surface area (Å²) in [4.78, 5) is 22.9. The van der Waals surface area contributed by atoms with Crippen LogP contribution in [-0.2, 0) is 4.79 Å². The number of benzene rings is 1. The normalized spacial score (nSPS) is 12.6. The highest BCUT2D eigenvalue weighted by Gasteiger charge is 2.28. The first kappa shape index (κ1) is 17.6. The van der Waals surface area contributed by atoms with Crippen LogP contribution < -0.4 is 10.6 Å². The minimum Gasteiger partial charge on any atom is -0.481 e. The van der Waals surface area contributed by atoms with Crippen LogP contribution in [0.3, 0.4) is 0 Å². The van der Waals surface area contributed by atoms with Crippen molar-refractivity contribution >= 4 is 40.9 Å². The summed E-state index contributed by atoms with van der Waals surface area (Å²) < 4.78 is 0. The number of urea groups is 1. The maximum atomic E-state index is 12.0. The molecule has 0 aliphatic heterocycles. The van der Waals surface area contributed by atoms with Gasteiger partial charge in [0.05, 0.1) is 17.1 Å². The van der Waals surface area contributed by atoms with Crippen molar-refractivity contribution in [1.82, 2.24) is 5.32 Å². The third-order valence-electron chi connectivity index (χ3n) is 2.91. The van der Waals surface area contributed by atoms with Gasteiger partial charge in [-0.2, -0.15) is 0 Å². The third kappa shape index (κ3) is 5.81. The van der Waals surface area contributed by atoms with Gasteiger partial charge in [-0.1, -0.05) is 44.0 Å². The Labute approximate surface area is 133 Å². The maximum absolute atomic E-state index is 12.0. The van der Waals surface area contributed by atoms with Crippen molar-refractivity contribution in [2.45, 2.75) is 33.2 Å². The number of carboxylic acid groups (broad SMARTS) is 1. The van der Waals surface area contributed by atoms with Gasteiger partial charge in [0, 0.05) is 11.1 Å². The standard InChI is InChI=1S/C14H18Cl2N2O3/c1-14(2,3)11(7-12(19)20)18-13(21)17-10-6-8(15)4-5-9(10)16/h4-6,11H,7H2,1-3H3,(H,19,20)(H2,17,18,21). The first-order valence-corrected chi connectivity index (χ1v) is 7.09. The van der Waals surface area contributed by atoms with Crippen LogP contribution in [0.15, 0.2) is 18.2 Å². The molecule has 5 nitrogen and oxygen atoms in total. The molecule has 0 saturated carbocycles. The Balaban J connectivity index is 2.78. The highest BCUT2D eigenvalue weighted by atomic mass is 35.5. The predicted octanol–water partition coefficient (Wildman–Crippen LogP) is 4.00. The Morgan fingerprint density at radius 3 is 2.43 bits per heavy atom. The molecule has 0 saturated heterocycles. The molecule has 1 aromatic rings. The zero-order chi connectivity index (χ0) is 16.2. The zero-order valence-corrected chi connectivity index (χ0v) is 13.5. The zero-order valence-electron chi connectivity index (χ0n) is 12.0. The second-order valence-corrected chi connectivity index (χ2v) is 6.58. The molecule has 21 heavy (non-hydrogen) atoms. The van der Waals surface area contributed by atoms with Crippen molar-refractivity contribution in [3.8, 4) is 0 Å². The molecule has 1 unspecified atom stereocenters. The minimum atomic E-state index is -0.976. The minimum absolute atomic E-state index is 0.166. The van der Waals surface area contributed by atoms with Crippen molar-refractivity contribution in [3.63, 3.8) is 0 Å². The summed E-state index contributed by atoms with van der Waals surface area (Å²) >= 11 is 11.8. The molecule has 7 heteroatoms. The third-order valence-corrected chi connectivity index (χ3v) is 3.47. The van der Waals surface area contributed by atoms with Crippen molar-refractivity contribution < 1.29 is 14.7 Å². The maximum Gasteiger partial charge on any atom is 0.319 e. The van der Waals surface area contributed by atoms with Crippen LogP contribution in [0.5, 0.6) is 0 Å². The van der Waals surface area contributed by atoms with Gasteiger partial charge in [-0.05, 0) is 23.6 Å². The van der Waals surface area contributed by atoms with Crippen LogP contribution in [0, 0.1) is 5.41 Å². The molecule has 0 spiro atoms. The van der Waals surface area contributed by atoms with Crippen LogP contribution in [0.25, 0.3) is 0 Å². The molecule has 0 aliphatic rings. The highest BCUT2D eigenvalue weighted by molar-refractivity contribution is 6.35. The number of hydrogen-bond donors (Lipinski definition) is 3. The molecular weight excluding hydrogens is 315 g/mol. The van der Waals surface area contributed by atoms with E-state index in [4.69, 9.17) is 28.3 Å². The van der Waals surface area contributed by atoms with Crippen LogP contribution in [0.4, 0.5) is 10.5 Å². The molecule has 2 amide bonds. The Morgan fingerprint density at radius 2 is 1.90 bits per heavy atom. The van der Waals surface area contributed by atoms with E-state index in [9.17, 15) is 9.59 Å². The van der Waals surface area contributed by atoms with Gasteiger partial charge in [0.15, 0.2) is 0 Å². The van der Waals surface area contributed by atoms with Gasteiger partial charge in [0.1, 0.15) is 0 Å². The molecule has 0 heterocycles. The van der Waals surface area contributed by atoms with E-state index in [1.54, 1.807) is 12.1 Å². The van der Waals surface area contributed by atoms with E-state index in [-0.39, 0.29) is 6.42 Å². The SMILES string of the molecule is CC(C)(C)C(CC(=O)O)NC(=O)Nc1cc(Cl)ccc1Cl. The van der Waals surface area contributed by atoms with E-state index in [2.05, 4.69) is 10.6 Å². The fraction of sp³-hybridized carbons (Fsp3) is 0.429. The lowest BCUT2D eigenvalue weighted by atomic mass is 9.85. The number of anilines is 1. The van der Waals surface area contributed by atoms with Gasteiger partial charge in [-0.15, -0.1) is 0 Å². The Morgan fingerprint density at radius 1 is 1.29 bits per heavy atom. The second kappa shape index (κ2) is 7.00. The number of rotatable bonds is 4. The van der Waals surface area contributed by atoms with E-state index in [0.717, 1.165) is 0 Å². The average molecular weight is 333 g/mol. The molecule has 1 aromatic carbocycles. The summed E-state index contributed by atoms with van der Waals surface area (Å²) in [5.41, 5.74) is -0.0296. The van der Waals surface area contributed by atoms with Crippen LogP contribution >= 0.6 is 23.2 Å². The number of aliphatic carboxylic acids is 1. The summed E-state index contributed by atoms with van der Waals surface area (Å²) in [5.74, 6) is -0.976. The van der Waals surface area contributed by atoms with Crippen LogP contribution in [-0.4, -0.2) is 23.1 Å². The van der Waals surface area contributed by atoms with E-state index in [1.165, 1.54) is 6.07 Å². The van der Waals surface area contributed by atoms with Gasteiger partial charge in [-0.3, -0.25) is 4.79 Å². The van der Waals surface area contributed by atoms with E-state index in [0.29, 0.717) is 15.7 Å². The number of amides is 2. The lowest BCUT2D eigenvalue weighted by molar-refractivity contribution is -0.138. The van der Waals surface area contributed by atoms with Gasteiger partial charge >= 0.3 is 12.0 Å². The Bertz CT molecular complexity index is 542. The molecular formula is C14H18Cl2N2O3. The van der Waals surface area contributed by atoms with Crippen molar-refractivity contribution in [1.29, 1.82) is 0 Å². The number of carbonyl (C=O) groups excluding carboxylic acids is 1.